The highest BCUT2D eigenvalue weighted by atomic mass is 16.5. The summed E-state index contributed by atoms with van der Waals surface area (Å²) in [6.07, 6.45) is 1.45. The first kappa shape index (κ1) is 13.6. The summed E-state index contributed by atoms with van der Waals surface area (Å²) >= 11 is 0. The minimum absolute atomic E-state index is 0.191. The molecule has 0 aromatic heterocycles. The average Bonchev–Trinajstić information content (AvgIpc) is 2.46. The van der Waals surface area contributed by atoms with Crippen LogP contribution in [-0.2, 0) is 4.79 Å². The van der Waals surface area contributed by atoms with Gasteiger partial charge in [0.05, 0.1) is 5.56 Å². The number of carbonyl (C=O) groups excluding carboxylic acids is 2. The molecule has 1 aliphatic heterocycles. The molecule has 1 aromatic rings. The molecular formula is C15H19NO3. The van der Waals surface area contributed by atoms with Crippen molar-refractivity contribution in [2.75, 3.05) is 0 Å². The number of amides is 2. The van der Waals surface area contributed by atoms with Crippen LogP contribution in [0.4, 0.5) is 0 Å². The maximum atomic E-state index is 12.6. The minimum Gasteiger partial charge on any atom is -0.467 e. The van der Waals surface area contributed by atoms with E-state index in [1.165, 1.54) is 4.90 Å². The van der Waals surface area contributed by atoms with Crippen LogP contribution >= 0.6 is 0 Å². The van der Waals surface area contributed by atoms with Gasteiger partial charge in [-0.2, -0.15) is 0 Å². The van der Waals surface area contributed by atoms with E-state index < -0.39 is 5.72 Å². The topological polar surface area (TPSA) is 46.6 Å². The van der Waals surface area contributed by atoms with Crippen molar-refractivity contribution in [1.29, 1.82) is 0 Å². The Morgan fingerprint density at radius 3 is 2.42 bits per heavy atom. The van der Waals surface area contributed by atoms with Crippen molar-refractivity contribution in [2.45, 2.75) is 45.8 Å². The first-order valence-corrected chi connectivity index (χ1v) is 6.75. The minimum atomic E-state index is -0.849. The zero-order valence-electron chi connectivity index (χ0n) is 11.6. The van der Waals surface area contributed by atoms with Gasteiger partial charge in [-0.25, -0.2) is 4.90 Å². The standard InChI is InChI=1S/C15H19NO3/c1-4-13(17)16-14(18)11-9-7-8-10-12(11)19-15(16,5-2)6-3/h7-10H,4-6H2,1-3H3. The number of ether oxygens (including phenoxy) is 1. The largest absolute Gasteiger partial charge is 0.467 e. The molecule has 0 spiro atoms. The van der Waals surface area contributed by atoms with E-state index >= 15 is 0 Å². The molecule has 0 aliphatic carbocycles. The molecule has 0 N–H and O–H groups in total. The Hall–Kier alpha value is -1.84. The number of para-hydroxylation sites is 1. The predicted molar refractivity (Wildman–Crippen MR) is 71.9 cm³/mol. The summed E-state index contributed by atoms with van der Waals surface area (Å²) in [6, 6.07) is 7.09. The van der Waals surface area contributed by atoms with Crippen LogP contribution in [-0.4, -0.2) is 22.4 Å². The Morgan fingerprint density at radius 1 is 1.21 bits per heavy atom. The summed E-state index contributed by atoms with van der Waals surface area (Å²) < 4.78 is 6.01. The molecule has 0 saturated carbocycles. The van der Waals surface area contributed by atoms with Crippen molar-refractivity contribution in [3.05, 3.63) is 29.8 Å². The van der Waals surface area contributed by atoms with Crippen LogP contribution in [0.25, 0.3) is 0 Å². The van der Waals surface area contributed by atoms with Crippen molar-refractivity contribution >= 4 is 11.8 Å². The summed E-state index contributed by atoms with van der Waals surface area (Å²) in [7, 11) is 0. The van der Waals surface area contributed by atoms with E-state index in [9.17, 15) is 9.59 Å². The fraction of sp³-hybridized carbons (Fsp3) is 0.467. The fourth-order valence-corrected chi connectivity index (χ4v) is 2.50. The number of nitrogens with zero attached hydrogens (tertiary/aromatic N) is 1. The Labute approximate surface area is 113 Å². The molecule has 102 valence electrons. The van der Waals surface area contributed by atoms with Gasteiger partial charge < -0.3 is 4.74 Å². The van der Waals surface area contributed by atoms with Crippen LogP contribution in [0.1, 0.15) is 50.4 Å². The summed E-state index contributed by atoms with van der Waals surface area (Å²) in [6.45, 7) is 5.62. The average molecular weight is 261 g/mol. The molecule has 0 atom stereocenters. The fourth-order valence-electron chi connectivity index (χ4n) is 2.50. The number of hydrogen-bond acceptors (Lipinski definition) is 3. The second kappa shape index (κ2) is 5.03. The number of rotatable bonds is 3. The lowest BCUT2D eigenvalue weighted by Crippen LogP contribution is -2.60. The van der Waals surface area contributed by atoms with Crippen LogP contribution in [0.5, 0.6) is 5.75 Å². The van der Waals surface area contributed by atoms with E-state index in [2.05, 4.69) is 0 Å². The number of carbonyl (C=O) groups is 2. The molecular weight excluding hydrogens is 242 g/mol. The molecule has 4 heteroatoms. The highest BCUT2D eigenvalue weighted by Gasteiger charge is 2.47. The maximum Gasteiger partial charge on any atom is 0.267 e. The lowest BCUT2D eigenvalue weighted by molar-refractivity contribution is -0.149. The van der Waals surface area contributed by atoms with E-state index in [0.717, 1.165) is 0 Å². The smallest absolute Gasteiger partial charge is 0.267 e. The van der Waals surface area contributed by atoms with Crippen molar-refractivity contribution in [3.8, 4) is 5.75 Å². The predicted octanol–water partition coefficient (Wildman–Crippen LogP) is 2.97. The third kappa shape index (κ3) is 2.01. The van der Waals surface area contributed by atoms with Crippen LogP contribution in [0.15, 0.2) is 24.3 Å². The van der Waals surface area contributed by atoms with Crippen LogP contribution in [0.2, 0.25) is 0 Å². The number of hydrogen-bond donors (Lipinski definition) is 0. The van der Waals surface area contributed by atoms with Gasteiger partial charge in [-0.05, 0) is 12.1 Å². The van der Waals surface area contributed by atoms with Gasteiger partial charge in [0.1, 0.15) is 5.75 Å². The van der Waals surface area contributed by atoms with Gasteiger partial charge >= 0.3 is 0 Å². The number of fused-ring (bicyclic) bond motifs is 1. The van der Waals surface area contributed by atoms with Crippen LogP contribution in [0.3, 0.4) is 0 Å². The van der Waals surface area contributed by atoms with Gasteiger partial charge in [-0.1, -0.05) is 32.9 Å². The third-order valence-corrected chi connectivity index (χ3v) is 3.68. The number of imide groups is 1. The quantitative estimate of drug-likeness (QED) is 0.840. The van der Waals surface area contributed by atoms with Gasteiger partial charge in [0.2, 0.25) is 5.91 Å². The van der Waals surface area contributed by atoms with Gasteiger partial charge in [-0.15, -0.1) is 0 Å². The Kier molecular flexibility index (Phi) is 3.60. The SMILES string of the molecule is CCC(=O)N1C(=O)c2ccccc2OC1(CC)CC. The van der Waals surface area contributed by atoms with Crippen molar-refractivity contribution in [1.82, 2.24) is 4.90 Å². The zero-order chi connectivity index (χ0) is 14.0. The first-order valence-electron chi connectivity index (χ1n) is 6.75. The van der Waals surface area contributed by atoms with Gasteiger partial charge in [0.15, 0.2) is 5.72 Å². The van der Waals surface area contributed by atoms with E-state index in [1.807, 2.05) is 19.9 Å². The molecule has 0 unspecified atom stereocenters. The van der Waals surface area contributed by atoms with Gasteiger partial charge in [0.25, 0.3) is 5.91 Å². The first-order chi connectivity index (χ1) is 9.09. The van der Waals surface area contributed by atoms with Gasteiger partial charge in [0, 0.05) is 19.3 Å². The molecule has 1 aliphatic rings. The molecule has 0 saturated heterocycles. The van der Waals surface area contributed by atoms with Crippen molar-refractivity contribution < 1.29 is 14.3 Å². The molecule has 19 heavy (non-hydrogen) atoms. The molecule has 1 aromatic carbocycles. The Bertz CT molecular complexity index is 506. The molecule has 2 amide bonds. The molecule has 2 rings (SSSR count). The van der Waals surface area contributed by atoms with Crippen LogP contribution in [0, 0.1) is 0 Å². The Morgan fingerprint density at radius 2 is 1.84 bits per heavy atom. The number of benzene rings is 1. The summed E-state index contributed by atoms with van der Waals surface area (Å²) in [5, 5.41) is 0. The van der Waals surface area contributed by atoms with Crippen molar-refractivity contribution in [3.63, 3.8) is 0 Å². The lowest BCUT2D eigenvalue weighted by Gasteiger charge is -2.45. The molecule has 4 nitrogen and oxygen atoms in total. The van der Waals surface area contributed by atoms with E-state index in [0.29, 0.717) is 30.6 Å². The summed E-state index contributed by atoms with van der Waals surface area (Å²) in [5.74, 6) is 0.122. The van der Waals surface area contributed by atoms with E-state index in [-0.39, 0.29) is 11.8 Å². The van der Waals surface area contributed by atoms with Gasteiger partial charge in [-0.3, -0.25) is 9.59 Å². The van der Waals surface area contributed by atoms with Crippen molar-refractivity contribution in [2.24, 2.45) is 0 Å². The maximum absolute atomic E-state index is 12.6. The second-order valence-electron chi connectivity index (χ2n) is 4.64. The monoisotopic (exact) mass is 261 g/mol. The molecule has 0 bridgehead atoms. The second-order valence-corrected chi connectivity index (χ2v) is 4.64. The lowest BCUT2D eigenvalue weighted by atomic mass is 9.99. The van der Waals surface area contributed by atoms with E-state index in [4.69, 9.17) is 4.74 Å². The Balaban J connectivity index is 2.57. The third-order valence-electron chi connectivity index (χ3n) is 3.68. The zero-order valence-corrected chi connectivity index (χ0v) is 11.6. The molecule has 0 radical (unpaired) electrons. The normalized spacial score (nSPS) is 16.8. The van der Waals surface area contributed by atoms with Crippen LogP contribution < -0.4 is 4.74 Å². The summed E-state index contributed by atoms with van der Waals surface area (Å²) in [5.41, 5.74) is -0.389. The highest BCUT2D eigenvalue weighted by Crippen LogP contribution is 2.37. The molecule has 0 fully saturated rings. The summed E-state index contributed by atoms with van der Waals surface area (Å²) in [4.78, 5) is 26.0. The van der Waals surface area contributed by atoms with E-state index in [1.54, 1.807) is 25.1 Å². The highest BCUT2D eigenvalue weighted by molar-refractivity contribution is 6.07. The molecule has 1 heterocycles.